The molecule has 0 atom stereocenters. The highest BCUT2D eigenvalue weighted by Crippen LogP contribution is 2.27. The van der Waals surface area contributed by atoms with Gasteiger partial charge in [0.05, 0.1) is 30.3 Å². The first-order valence-corrected chi connectivity index (χ1v) is 9.12. The molecule has 0 aromatic heterocycles. The molecule has 1 saturated heterocycles. The Balaban J connectivity index is 1.63. The molecule has 1 aliphatic rings. The molecule has 24 heavy (non-hydrogen) atoms. The average molecular weight is 342 g/mol. The molecule has 2 aromatic rings. The molecule has 0 bridgehead atoms. The highest BCUT2D eigenvalue weighted by atomic mass is 32.2. The number of carbonyl (C=O) groups is 1. The maximum atomic E-state index is 12.4. The lowest BCUT2D eigenvalue weighted by molar-refractivity contribution is -0.113. The molecular weight excluding hydrogens is 320 g/mol. The van der Waals surface area contributed by atoms with E-state index in [1.807, 2.05) is 30.3 Å². The number of anilines is 2. The van der Waals surface area contributed by atoms with E-state index in [0.29, 0.717) is 5.75 Å². The van der Waals surface area contributed by atoms with Gasteiger partial charge >= 0.3 is 0 Å². The fraction of sp³-hybridized carbons (Fsp3) is 0.316. The van der Waals surface area contributed by atoms with Gasteiger partial charge in [-0.1, -0.05) is 30.3 Å². The van der Waals surface area contributed by atoms with Gasteiger partial charge in [-0.2, -0.15) is 0 Å². The van der Waals surface area contributed by atoms with Gasteiger partial charge in [0.15, 0.2) is 0 Å². The third-order valence-electron chi connectivity index (χ3n) is 3.98. The Labute approximate surface area is 147 Å². The largest absolute Gasteiger partial charge is 0.378 e. The van der Waals surface area contributed by atoms with E-state index in [9.17, 15) is 4.79 Å². The van der Waals surface area contributed by atoms with Crippen LogP contribution in [0.2, 0.25) is 0 Å². The topological polar surface area (TPSA) is 41.6 Å². The number of nitrogens with zero attached hydrogens (tertiary/aromatic N) is 1. The first kappa shape index (κ1) is 16.9. The Kier molecular flexibility index (Phi) is 5.77. The summed E-state index contributed by atoms with van der Waals surface area (Å²) in [5, 5.41) is 3.06. The van der Waals surface area contributed by atoms with E-state index < -0.39 is 0 Å². The first-order chi connectivity index (χ1) is 11.7. The van der Waals surface area contributed by atoms with Crippen LogP contribution >= 0.6 is 11.8 Å². The molecule has 1 N–H and O–H groups in total. The van der Waals surface area contributed by atoms with Crippen LogP contribution < -0.4 is 10.2 Å². The number of nitrogens with one attached hydrogen (secondary N) is 1. The molecule has 1 aliphatic heterocycles. The summed E-state index contributed by atoms with van der Waals surface area (Å²) in [6.07, 6.45) is 0. The number of amides is 1. The van der Waals surface area contributed by atoms with Gasteiger partial charge < -0.3 is 15.0 Å². The lowest BCUT2D eigenvalue weighted by Crippen LogP contribution is -2.36. The number of aryl methyl sites for hydroxylation is 1. The highest BCUT2D eigenvalue weighted by molar-refractivity contribution is 8.00. The minimum absolute atomic E-state index is 0.0176. The molecule has 0 saturated carbocycles. The summed E-state index contributed by atoms with van der Waals surface area (Å²) in [5.74, 6) is 0.423. The number of morpholine rings is 1. The number of para-hydroxylation sites is 2. The number of hydrogen-bond donors (Lipinski definition) is 1. The fourth-order valence-electron chi connectivity index (χ4n) is 2.71. The van der Waals surface area contributed by atoms with Crippen molar-refractivity contribution in [1.82, 2.24) is 0 Å². The van der Waals surface area contributed by atoms with Crippen molar-refractivity contribution in [3.8, 4) is 0 Å². The fourth-order valence-corrected chi connectivity index (χ4v) is 3.54. The summed E-state index contributed by atoms with van der Waals surface area (Å²) in [7, 11) is 0. The van der Waals surface area contributed by atoms with Crippen LogP contribution in [-0.4, -0.2) is 38.0 Å². The zero-order chi connectivity index (χ0) is 16.8. The lowest BCUT2D eigenvalue weighted by Gasteiger charge is -2.30. The van der Waals surface area contributed by atoms with Crippen LogP contribution in [0.4, 0.5) is 11.4 Å². The predicted molar refractivity (Wildman–Crippen MR) is 100 cm³/mol. The number of carbonyl (C=O) groups excluding carboxylic acids is 1. The monoisotopic (exact) mass is 342 g/mol. The number of rotatable bonds is 5. The molecule has 0 unspecified atom stereocenters. The standard InChI is InChI=1S/C19H22N2O2S/c1-15-6-2-5-9-18(15)24-14-19(22)20-16-7-3-4-8-17(16)21-10-12-23-13-11-21/h2-9H,10-14H2,1H3,(H,20,22). The van der Waals surface area contributed by atoms with Crippen molar-refractivity contribution in [2.75, 3.05) is 42.3 Å². The van der Waals surface area contributed by atoms with Crippen molar-refractivity contribution < 1.29 is 9.53 Å². The maximum Gasteiger partial charge on any atom is 0.234 e. The molecule has 126 valence electrons. The molecule has 2 aromatic carbocycles. The zero-order valence-corrected chi connectivity index (χ0v) is 14.6. The molecule has 0 aliphatic carbocycles. The quantitative estimate of drug-likeness (QED) is 0.844. The average Bonchev–Trinajstić information content (AvgIpc) is 2.62. The minimum atomic E-state index is 0.0176. The molecule has 4 nitrogen and oxygen atoms in total. The van der Waals surface area contributed by atoms with Gasteiger partial charge in [-0.25, -0.2) is 0 Å². The van der Waals surface area contributed by atoms with Crippen molar-refractivity contribution in [2.45, 2.75) is 11.8 Å². The summed E-state index contributed by atoms with van der Waals surface area (Å²) in [6.45, 7) is 5.22. The molecule has 1 fully saturated rings. The van der Waals surface area contributed by atoms with E-state index in [4.69, 9.17) is 4.74 Å². The third kappa shape index (κ3) is 4.30. The molecule has 5 heteroatoms. The van der Waals surface area contributed by atoms with Crippen molar-refractivity contribution in [2.24, 2.45) is 0 Å². The van der Waals surface area contributed by atoms with Crippen molar-refractivity contribution in [3.05, 3.63) is 54.1 Å². The second-order valence-electron chi connectivity index (χ2n) is 5.72. The summed E-state index contributed by atoms with van der Waals surface area (Å²) >= 11 is 1.57. The number of ether oxygens (including phenoxy) is 1. The zero-order valence-electron chi connectivity index (χ0n) is 13.8. The van der Waals surface area contributed by atoms with Gasteiger partial charge in [-0.05, 0) is 30.7 Å². The van der Waals surface area contributed by atoms with Crippen LogP contribution in [0, 0.1) is 6.92 Å². The van der Waals surface area contributed by atoms with Gasteiger partial charge in [0.25, 0.3) is 0 Å². The lowest BCUT2D eigenvalue weighted by atomic mass is 10.2. The van der Waals surface area contributed by atoms with Crippen molar-refractivity contribution in [3.63, 3.8) is 0 Å². The number of hydrogen-bond acceptors (Lipinski definition) is 4. The Morgan fingerprint density at radius 3 is 2.62 bits per heavy atom. The minimum Gasteiger partial charge on any atom is -0.378 e. The molecule has 0 spiro atoms. The van der Waals surface area contributed by atoms with E-state index in [2.05, 4.69) is 35.3 Å². The van der Waals surface area contributed by atoms with E-state index in [1.54, 1.807) is 11.8 Å². The second kappa shape index (κ2) is 8.22. The Morgan fingerprint density at radius 2 is 1.83 bits per heavy atom. The second-order valence-corrected chi connectivity index (χ2v) is 6.74. The Morgan fingerprint density at radius 1 is 1.12 bits per heavy atom. The van der Waals surface area contributed by atoms with Crippen LogP contribution in [0.5, 0.6) is 0 Å². The number of benzene rings is 2. The normalized spacial score (nSPS) is 14.5. The third-order valence-corrected chi connectivity index (χ3v) is 5.16. The van der Waals surface area contributed by atoms with Gasteiger partial charge in [0, 0.05) is 18.0 Å². The summed E-state index contributed by atoms with van der Waals surface area (Å²) in [6, 6.07) is 16.1. The van der Waals surface area contributed by atoms with E-state index in [-0.39, 0.29) is 5.91 Å². The van der Waals surface area contributed by atoms with Crippen molar-refractivity contribution in [1.29, 1.82) is 0 Å². The molecule has 0 radical (unpaired) electrons. The van der Waals surface area contributed by atoms with Gasteiger partial charge in [0.2, 0.25) is 5.91 Å². The molecule has 1 heterocycles. The van der Waals surface area contributed by atoms with E-state index >= 15 is 0 Å². The van der Waals surface area contributed by atoms with Crippen LogP contribution in [0.1, 0.15) is 5.56 Å². The summed E-state index contributed by atoms with van der Waals surface area (Å²) in [4.78, 5) is 15.8. The summed E-state index contributed by atoms with van der Waals surface area (Å²) in [5.41, 5.74) is 3.13. The van der Waals surface area contributed by atoms with E-state index in [0.717, 1.165) is 42.6 Å². The van der Waals surface area contributed by atoms with Gasteiger partial charge in [-0.15, -0.1) is 11.8 Å². The molecule has 3 rings (SSSR count). The van der Waals surface area contributed by atoms with E-state index in [1.165, 1.54) is 5.56 Å². The summed E-state index contributed by atoms with van der Waals surface area (Å²) < 4.78 is 5.41. The van der Waals surface area contributed by atoms with Crippen molar-refractivity contribution >= 4 is 29.0 Å². The highest BCUT2D eigenvalue weighted by Gasteiger charge is 2.15. The number of thioether (sulfide) groups is 1. The smallest absolute Gasteiger partial charge is 0.234 e. The molecular formula is C19H22N2O2S. The maximum absolute atomic E-state index is 12.4. The SMILES string of the molecule is Cc1ccccc1SCC(=O)Nc1ccccc1N1CCOCC1. The van der Waals surface area contributed by atoms with Crippen LogP contribution in [0.3, 0.4) is 0 Å². The Hall–Kier alpha value is -1.98. The van der Waals surface area contributed by atoms with Gasteiger partial charge in [0.1, 0.15) is 0 Å². The molecule has 1 amide bonds. The van der Waals surface area contributed by atoms with Crippen LogP contribution in [0.25, 0.3) is 0 Å². The van der Waals surface area contributed by atoms with Gasteiger partial charge in [-0.3, -0.25) is 4.79 Å². The van der Waals surface area contributed by atoms with Crippen LogP contribution in [-0.2, 0) is 9.53 Å². The Bertz CT molecular complexity index is 699. The predicted octanol–water partition coefficient (Wildman–Crippen LogP) is 3.56. The first-order valence-electron chi connectivity index (χ1n) is 8.14. The van der Waals surface area contributed by atoms with Crippen LogP contribution in [0.15, 0.2) is 53.4 Å².